The normalized spacial score (nSPS) is 20.8. The summed E-state index contributed by atoms with van der Waals surface area (Å²) in [5, 5.41) is 1.02. The molecule has 0 saturated heterocycles. The molecular formula is C47H82FeNO3P2PdS+. The van der Waals surface area contributed by atoms with Crippen LogP contribution in [0.15, 0.2) is 48.5 Å². The summed E-state index contributed by atoms with van der Waals surface area (Å²) in [5.41, 5.74) is 14.5. The molecule has 4 saturated carbocycles. The van der Waals surface area contributed by atoms with Crippen LogP contribution < -0.4 is 0 Å². The van der Waals surface area contributed by atoms with Gasteiger partial charge in [0.05, 0.1) is 22.2 Å². The summed E-state index contributed by atoms with van der Waals surface area (Å²) < 4.78 is 25.9. The van der Waals surface area contributed by atoms with Crippen molar-refractivity contribution in [3.8, 4) is 11.1 Å². The van der Waals surface area contributed by atoms with E-state index in [2.05, 4.69) is 54.5 Å². The van der Waals surface area contributed by atoms with Crippen molar-refractivity contribution >= 4 is 31.6 Å². The number of hydrogen-bond acceptors (Lipinski definition) is 2. The van der Waals surface area contributed by atoms with Gasteiger partial charge in [-0.3, -0.25) is 4.55 Å². The van der Waals surface area contributed by atoms with Gasteiger partial charge in [-0.2, -0.15) is 14.1 Å². The third kappa shape index (κ3) is 20.6. The fourth-order valence-electron chi connectivity index (χ4n) is 10.4. The molecular weight excluding hydrogens is 883 g/mol. The van der Waals surface area contributed by atoms with Gasteiger partial charge in [-0.05, 0) is 104 Å². The number of benzene rings is 2. The van der Waals surface area contributed by atoms with Crippen LogP contribution in [0.25, 0.3) is 16.9 Å². The van der Waals surface area contributed by atoms with Gasteiger partial charge in [0.15, 0.2) is 0 Å². The molecule has 3 atom stereocenters. The van der Waals surface area contributed by atoms with Crippen LogP contribution in [0.1, 0.15) is 164 Å². The molecule has 2 N–H and O–H groups in total. The Morgan fingerprint density at radius 1 is 0.714 bits per heavy atom. The second kappa shape index (κ2) is 28.7. The number of rotatable bonds is 6. The zero-order valence-corrected chi connectivity index (χ0v) is 42.4. The average molecular weight is 965 g/mol. The van der Waals surface area contributed by atoms with Crippen LogP contribution in [0.4, 0.5) is 5.69 Å². The molecule has 2 unspecified atom stereocenters. The van der Waals surface area contributed by atoms with Crippen LogP contribution in [0.3, 0.4) is 0 Å². The van der Waals surface area contributed by atoms with Crippen LogP contribution in [0.2, 0.25) is 0 Å². The summed E-state index contributed by atoms with van der Waals surface area (Å²) in [6.07, 6.45) is 28.5. The Hall–Kier alpha value is 0.192. The van der Waals surface area contributed by atoms with E-state index in [9.17, 15) is 8.42 Å². The Bertz CT molecular complexity index is 1340. The predicted molar refractivity (Wildman–Crippen MR) is 247 cm³/mol. The van der Waals surface area contributed by atoms with Gasteiger partial charge in [0, 0.05) is 13.8 Å². The van der Waals surface area contributed by atoms with Crippen molar-refractivity contribution in [3.05, 3.63) is 75.2 Å². The summed E-state index contributed by atoms with van der Waals surface area (Å²) in [4.78, 5) is 0. The molecule has 2 aromatic rings. The maximum Gasteiger partial charge on any atom is 2.00 e. The first-order chi connectivity index (χ1) is 24.5. The summed E-state index contributed by atoms with van der Waals surface area (Å²) in [5.74, 6) is 1.05. The minimum absolute atomic E-state index is 0. The van der Waals surface area contributed by atoms with Gasteiger partial charge in [0.1, 0.15) is 0 Å². The Kier molecular flexibility index (Phi) is 29.8. The molecule has 2 aromatic carbocycles. The van der Waals surface area contributed by atoms with Crippen LogP contribution in [-0.2, 0) is 47.6 Å². The Morgan fingerprint density at radius 2 is 1.12 bits per heavy atom. The van der Waals surface area contributed by atoms with E-state index in [-0.39, 0.29) is 60.3 Å². The molecule has 4 aliphatic carbocycles. The van der Waals surface area contributed by atoms with Gasteiger partial charge >= 0.3 is 37.5 Å². The molecule has 0 aliphatic heterocycles. The van der Waals surface area contributed by atoms with Gasteiger partial charge in [-0.15, -0.1) is 41.5 Å². The molecule has 4 nitrogen and oxygen atoms in total. The van der Waals surface area contributed by atoms with Crippen molar-refractivity contribution in [2.24, 2.45) is 5.92 Å². The number of nitrogens with one attached hydrogen (secondary N) is 1. The van der Waals surface area contributed by atoms with Crippen molar-refractivity contribution in [2.45, 2.75) is 197 Å². The first-order valence-corrected chi connectivity index (χ1v) is 25.8. The zero-order chi connectivity index (χ0) is 38.4. The van der Waals surface area contributed by atoms with Crippen LogP contribution in [0.5, 0.6) is 0 Å². The van der Waals surface area contributed by atoms with Gasteiger partial charge in [0.25, 0.3) is 10.1 Å². The monoisotopic (exact) mass is 964 g/mol. The zero-order valence-electron chi connectivity index (χ0n) is 37.0. The molecule has 0 amide bonds. The summed E-state index contributed by atoms with van der Waals surface area (Å²) in [7, 11) is -3.87. The quantitative estimate of drug-likeness (QED) is 0.136. The van der Waals surface area contributed by atoms with E-state index in [1.807, 2.05) is 42.5 Å². The van der Waals surface area contributed by atoms with E-state index in [0.717, 1.165) is 39.7 Å². The molecule has 0 spiro atoms. The van der Waals surface area contributed by atoms with Crippen LogP contribution in [0, 0.1) is 26.8 Å². The van der Waals surface area contributed by atoms with Crippen LogP contribution >= 0.6 is 15.8 Å². The van der Waals surface area contributed by atoms with Crippen molar-refractivity contribution in [1.29, 1.82) is 0 Å². The second-order valence-electron chi connectivity index (χ2n) is 18.2. The van der Waals surface area contributed by atoms with Gasteiger partial charge in [-0.25, -0.2) is 0 Å². The van der Waals surface area contributed by atoms with Gasteiger partial charge in [0.2, 0.25) is 0 Å². The average Bonchev–Trinajstić information content (AvgIpc) is 3.82. The van der Waals surface area contributed by atoms with Gasteiger partial charge in [-0.1, -0.05) is 109 Å². The molecule has 0 heterocycles. The van der Waals surface area contributed by atoms with E-state index in [4.69, 9.17) is 10.3 Å². The molecule has 326 valence electrons. The first kappa shape index (κ1) is 58.3. The van der Waals surface area contributed by atoms with Crippen molar-refractivity contribution in [1.82, 2.24) is 0 Å². The van der Waals surface area contributed by atoms with Crippen molar-refractivity contribution in [2.75, 3.05) is 6.26 Å². The van der Waals surface area contributed by atoms with E-state index in [0.29, 0.717) is 22.3 Å². The smallest absolute Gasteiger partial charge is 0.706 e. The Morgan fingerprint density at radius 3 is 1.52 bits per heavy atom. The van der Waals surface area contributed by atoms with Gasteiger partial charge < -0.3 is 20.6 Å². The fourth-order valence-corrected chi connectivity index (χ4v) is 21.3. The predicted octanol–water partition coefficient (Wildman–Crippen LogP) is 15.7. The molecule has 4 aliphatic rings. The van der Waals surface area contributed by atoms with Crippen molar-refractivity contribution < 1.29 is 50.5 Å². The molecule has 0 aromatic heterocycles. The third-order valence-electron chi connectivity index (χ3n) is 11.8. The first-order valence-electron chi connectivity index (χ1n) is 20.8. The summed E-state index contributed by atoms with van der Waals surface area (Å²) >= 11 is 0. The summed E-state index contributed by atoms with van der Waals surface area (Å²) in [6.45, 7) is 18.1. The largest absolute Gasteiger partial charge is 2.00 e. The van der Waals surface area contributed by atoms with Crippen molar-refractivity contribution in [3.63, 3.8) is 0 Å². The maximum absolute atomic E-state index is 9.19. The molecule has 4 fully saturated rings. The minimum atomic E-state index is -3.67. The summed E-state index contributed by atoms with van der Waals surface area (Å²) in [6, 6.07) is 18.4. The standard InChI is InChI=1S/C27H52P2.C12H9N.C5H10.CH4O3S.2CH3.Fe.Pd/c1-21(29(26(2,3)4)27(5,6)7)24-19-14-20-25(24)28(22-15-10-8-11-16-22)23-17-12-9-13-18-23;13-12-9-5-4-8-11(12)10-6-2-1-3-7-10;1-2-4-5-3-1;1-5(2,3)4;;;;/h21-25H,8-20H2,1-7H3;1-6,8-9,13H;1-5H2;1H3,(H,2,3,4);2*1H3;;/q;-2;;;2*-1;2*+2/p+1/t21-,24?,25?;;;;;;;/m1......./s1. The molecule has 56 heavy (non-hydrogen) atoms. The second-order valence-corrected chi connectivity index (χ2v) is 27.4. The molecule has 0 bridgehead atoms. The number of hydrogen-bond donors (Lipinski definition) is 1. The maximum atomic E-state index is 9.19. The SMILES string of the molecule is C1CCCC1.CS(=O)(=O)O.C[C@H](C1CCCC1P(C1CCCCC1)C1CCCCC1)[PH+](C(C)(C)C)C(C)(C)C.[CH3-].[CH3-].[Fe+2].[NH-]c1ccccc1-c1[c-]cccc1.[Pd+2]. The van der Waals surface area contributed by atoms with E-state index < -0.39 is 18.0 Å². The Labute approximate surface area is 375 Å². The molecule has 0 radical (unpaired) electrons. The molecule has 6 rings (SSSR count). The van der Waals surface area contributed by atoms with Crippen LogP contribution in [-0.4, -0.2) is 52.2 Å². The fraction of sp³-hybridized carbons (Fsp3) is 0.702. The third-order valence-corrected chi connectivity index (χ3v) is 20.5. The Balaban J connectivity index is 0. The minimum Gasteiger partial charge on any atom is -0.706 e. The van der Waals surface area contributed by atoms with E-state index in [1.54, 1.807) is 76.7 Å². The molecule has 9 heteroatoms. The van der Waals surface area contributed by atoms with E-state index >= 15 is 0 Å². The topological polar surface area (TPSA) is 78.2 Å². The van der Waals surface area contributed by atoms with E-state index in [1.165, 1.54) is 44.9 Å².